The number of nitrogens with one attached hydrogen (secondary N) is 2. The fourth-order valence-electron chi connectivity index (χ4n) is 3.10. The average molecular weight is 268 g/mol. The smallest absolute Gasteiger partial charge is 0.315 e. The highest BCUT2D eigenvalue weighted by Crippen LogP contribution is 2.33. The van der Waals surface area contributed by atoms with E-state index in [4.69, 9.17) is 5.11 Å². The Morgan fingerprint density at radius 1 is 1.21 bits per heavy atom. The summed E-state index contributed by atoms with van der Waals surface area (Å²) in [5.74, 6) is -0.302. The van der Waals surface area contributed by atoms with Crippen molar-refractivity contribution < 1.29 is 14.7 Å². The Balaban J connectivity index is 1.71. The van der Waals surface area contributed by atoms with Crippen LogP contribution in [0.1, 0.15) is 45.4 Å². The number of hydrogen-bond acceptors (Lipinski definition) is 2. The Morgan fingerprint density at radius 2 is 1.95 bits per heavy atom. The summed E-state index contributed by atoms with van der Waals surface area (Å²) in [6.45, 7) is 2.61. The van der Waals surface area contributed by atoms with Crippen LogP contribution in [0.4, 0.5) is 4.79 Å². The number of carboxylic acid groups (broad SMARTS) is 1. The summed E-state index contributed by atoms with van der Waals surface area (Å²) in [5, 5.41) is 14.9. The molecule has 4 unspecified atom stereocenters. The molecule has 19 heavy (non-hydrogen) atoms. The number of hydrogen-bond donors (Lipinski definition) is 3. The second-order valence-electron chi connectivity index (χ2n) is 5.85. The first-order chi connectivity index (χ1) is 9.11. The lowest BCUT2D eigenvalue weighted by Crippen LogP contribution is -2.42. The van der Waals surface area contributed by atoms with Crippen molar-refractivity contribution in [2.45, 2.75) is 51.5 Å². The molecule has 0 radical (unpaired) electrons. The van der Waals surface area contributed by atoms with Crippen LogP contribution >= 0.6 is 0 Å². The molecule has 0 saturated heterocycles. The monoisotopic (exact) mass is 268 g/mol. The highest BCUT2D eigenvalue weighted by atomic mass is 16.4. The van der Waals surface area contributed by atoms with Crippen LogP contribution < -0.4 is 10.6 Å². The lowest BCUT2D eigenvalue weighted by atomic mass is 9.79. The fourth-order valence-corrected chi connectivity index (χ4v) is 3.10. The number of carbonyl (C=O) groups is 2. The van der Waals surface area contributed by atoms with E-state index in [2.05, 4.69) is 17.6 Å². The van der Waals surface area contributed by atoms with Crippen molar-refractivity contribution >= 4 is 12.0 Å². The molecule has 4 atom stereocenters. The molecule has 2 fully saturated rings. The standard InChI is InChI=1S/C14H24N2O3/c1-2-9-7-12(9)16-14(19)15-8-10-5-3-4-6-11(10)13(17)18/h9-12H,2-8H2,1H3,(H,17,18)(H2,15,16,19). The Morgan fingerprint density at radius 3 is 2.58 bits per heavy atom. The molecule has 0 spiro atoms. The molecule has 3 N–H and O–H groups in total. The Kier molecular flexibility index (Phi) is 4.66. The summed E-state index contributed by atoms with van der Waals surface area (Å²) in [4.78, 5) is 22.9. The molecular weight excluding hydrogens is 244 g/mol. The van der Waals surface area contributed by atoms with E-state index in [-0.39, 0.29) is 17.9 Å². The number of carboxylic acids is 1. The van der Waals surface area contributed by atoms with Crippen molar-refractivity contribution in [1.29, 1.82) is 0 Å². The summed E-state index contributed by atoms with van der Waals surface area (Å²) < 4.78 is 0. The first-order valence-corrected chi connectivity index (χ1v) is 7.39. The molecule has 0 bridgehead atoms. The lowest BCUT2D eigenvalue weighted by molar-refractivity contribution is -0.144. The van der Waals surface area contributed by atoms with Gasteiger partial charge in [0, 0.05) is 12.6 Å². The predicted molar refractivity (Wildman–Crippen MR) is 71.8 cm³/mol. The zero-order valence-corrected chi connectivity index (χ0v) is 11.5. The molecule has 2 rings (SSSR count). The summed E-state index contributed by atoms with van der Waals surface area (Å²) in [7, 11) is 0. The molecule has 2 saturated carbocycles. The molecule has 5 heteroatoms. The van der Waals surface area contributed by atoms with Crippen molar-refractivity contribution in [2.24, 2.45) is 17.8 Å². The second-order valence-corrected chi connectivity index (χ2v) is 5.85. The zero-order valence-electron chi connectivity index (χ0n) is 11.5. The zero-order chi connectivity index (χ0) is 13.8. The summed E-state index contributed by atoms with van der Waals surface area (Å²) in [5.41, 5.74) is 0. The van der Waals surface area contributed by atoms with Crippen molar-refractivity contribution in [3.05, 3.63) is 0 Å². The molecule has 5 nitrogen and oxygen atoms in total. The molecule has 0 aromatic carbocycles. The van der Waals surface area contributed by atoms with Crippen molar-refractivity contribution in [3.63, 3.8) is 0 Å². The molecule has 0 aromatic rings. The molecule has 0 aromatic heterocycles. The first-order valence-electron chi connectivity index (χ1n) is 7.39. The van der Waals surface area contributed by atoms with Gasteiger partial charge in [-0.15, -0.1) is 0 Å². The largest absolute Gasteiger partial charge is 0.481 e. The number of carbonyl (C=O) groups excluding carboxylic acids is 1. The lowest BCUT2D eigenvalue weighted by Gasteiger charge is -2.28. The maximum atomic E-state index is 11.7. The maximum Gasteiger partial charge on any atom is 0.315 e. The third-order valence-electron chi connectivity index (χ3n) is 4.51. The van der Waals surface area contributed by atoms with Gasteiger partial charge in [0.2, 0.25) is 0 Å². The SMILES string of the molecule is CCC1CC1NC(=O)NCC1CCCCC1C(=O)O. The average Bonchev–Trinajstić information content (AvgIpc) is 3.15. The van der Waals surface area contributed by atoms with Crippen LogP contribution in [0.2, 0.25) is 0 Å². The molecule has 2 aliphatic rings. The van der Waals surface area contributed by atoms with Gasteiger partial charge in [-0.05, 0) is 31.1 Å². The van der Waals surface area contributed by atoms with Gasteiger partial charge in [0.15, 0.2) is 0 Å². The number of amides is 2. The van der Waals surface area contributed by atoms with Crippen LogP contribution in [0.15, 0.2) is 0 Å². The normalized spacial score (nSPS) is 33.5. The second kappa shape index (κ2) is 6.26. The minimum Gasteiger partial charge on any atom is -0.481 e. The highest BCUT2D eigenvalue weighted by Gasteiger charge is 2.37. The van der Waals surface area contributed by atoms with Crippen molar-refractivity contribution in [3.8, 4) is 0 Å². The van der Waals surface area contributed by atoms with E-state index in [1.807, 2.05) is 0 Å². The van der Waals surface area contributed by atoms with Crippen LogP contribution in [0.3, 0.4) is 0 Å². The predicted octanol–water partition coefficient (Wildman–Crippen LogP) is 1.98. The number of aliphatic carboxylic acids is 1. The Hall–Kier alpha value is -1.26. The summed E-state index contributed by atoms with van der Waals surface area (Å²) in [6, 6.07) is 0.183. The van der Waals surface area contributed by atoms with Gasteiger partial charge in [-0.1, -0.05) is 26.2 Å². The summed E-state index contributed by atoms with van der Waals surface area (Å²) >= 11 is 0. The molecule has 0 heterocycles. The number of rotatable bonds is 5. The van der Waals surface area contributed by atoms with Gasteiger partial charge in [0.1, 0.15) is 0 Å². The maximum absolute atomic E-state index is 11.7. The Bertz CT molecular complexity index is 346. The fraction of sp³-hybridized carbons (Fsp3) is 0.857. The van der Waals surface area contributed by atoms with Crippen LogP contribution in [-0.2, 0) is 4.79 Å². The van der Waals surface area contributed by atoms with E-state index in [1.165, 1.54) is 0 Å². The summed E-state index contributed by atoms with van der Waals surface area (Å²) in [6.07, 6.45) is 5.88. The van der Waals surface area contributed by atoms with E-state index >= 15 is 0 Å². The van der Waals surface area contributed by atoms with Gasteiger partial charge in [0.05, 0.1) is 5.92 Å². The number of urea groups is 1. The van der Waals surface area contributed by atoms with Gasteiger partial charge < -0.3 is 15.7 Å². The van der Waals surface area contributed by atoms with Gasteiger partial charge in [-0.3, -0.25) is 4.79 Å². The van der Waals surface area contributed by atoms with Crippen LogP contribution in [0.25, 0.3) is 0 Å². The van der Waals surface area contributed by atoms with E-state index in [0.29, 0.717) is 18.5 Å². The quantitative estimate of drug-likeness (QED) is 0.713. The van der Waals surface area contributed by atoms with E-state index in [1.54, 1.807) is 0 Å². The highest BCUT2D eigenvalue weighted by molar-refractivity contribution is 5.75. The molecule has 2 amide bonds. The van der Waals surface area contributed by atoms with Crippen LogP contribution in [0, 0.1) is 17.8 Å². The minimum atomic E-state index is -0.722. The van der Waals surface area contributed by atoms with Gasteiger partial charge in [0.25, 0.3) is 0 Å². The molecule has 2 aliphatic carbocycles. The van der Waals surface area contributed by atoms with E-state index < -0.39 is 5.97 Å². The van der Waals surface area contributed by atoms with Crippen molar-refractivity contribution in [2.75, 3.05) is 6.54 Å². The van der Waals surface area contributed by atoms with Gasteiger partial charge in [-0.25, -0.2) is 4.79 Å². The first kappa shape index (κ1) is 14.2. The third kappa shape index (κ3) is 3.85. The van der Waals surface area contributed by atoms with Gasteiger partial charge >= 0.3 is 12.0 Å². The van der Waals surface area contributed by atoms with Crippen LogP contribution in [-0.4, -0.2) is 29.7 Å². The van der Waals surface area contributed by atoms with Crippen molar-refractivity contribution in [1.82, 2.24) is 10.6 Å². The molecular formula is C14H24N2O3. The van der Waals surface area contributed by atoms with Gasteiger partial charge in [-0.2, -0.15) is 0 Å². The third-order valence-corrected chi connectivity index (χ3v) is 4.51. The topological polar surface area (TPSA) is 78.4 Å². The van der Waals surface area contributed by atoms with E-state index in [9.17, 15) is 9.59 Å². The molecule has 0 aliphatic heterocycles. The minimum absolute atomic E-state index is 0.0816. The van der Waals surface area contributed by atoms with E-state index in [0.717, 1.165) is 38.5 Å². The van der Waals surface area contributed by atoms with Crippen LogP contribution in [0.5, 0.6) is 0 Å². The Labute approximate surface area is 114 Å². The molecule has 108 valence electrons.